The van der Waals surface area contributed by atoms with Crippen molar-refractivity contribution in [2.75, 3.05) is 0 Å². The average molecular weight is 298 g/mol. The molecule has 0 saturated carbocycles. The molecule has 0 aliphatic rings. The third-order valence-electron chi connectivity index (χ3n) is 5.09. The molecule has 0 N–H and O–H groups in total. The quantitative estimate of drug-likeness (QED) is 0.626. The molecule has 2 aromatic carbocycles. The molecule has 21 heavy (non-hydrogen) atoms. The predicted octanol–water partition coefficient (Wildman–Crippen LogP) is 6.31. The standard InChI is InChI=1S/C20H26S/c1-11-9-19(17(7)15(5)13(11)3)21-20-10-12(2)14(4)16(6)18(20)8/h9-10H,1-8H3. The highest BCUT2D eigenvalue weighted by atomic mass is 32.2. The summed E-state index contributed by atoms with van der Waals surface area (Å²) in [6.45, 7) is 17.8. The van der Waals surface area contributed by atoms with E-state index in [0.29, 0.717) is 0 Å². The zero-order valence-electron chi connectivity index (χ0n) is 14.6. The first kappa shape index (κ1) is 16.2. The lowest BCUT2D eigenvalue weighted by molar-refractivity contribution is 1.12. The smallest absolute Gasteiger partial charge is 0.0157 e. The Hall–Kier alpha value is -1.21. The van der Waals surface area contributed by atoms with Gasteiger partial charge in [-0.3, -0.25) is 0 Å². The fraction of sp³-hybridized carbons (Fsp3) is 0.400. The molecule has 2 aromatic rings. The topological polar surface area (TPSA) is 0 Å². The van der Waals surface area contributed by atoms with Crippen LogP contribution in [0, 0.1) is 55.4 Å². The van der Waals surface area contributed by atoms with Gasteiger partial charge in [0, 0.05) is 9.79 Å². The predicted molar refractivity (Wildman–Crippen MR) is 94.9 cm³/mol. The minimum atomic E-state index is 1.39. The van der Waals surface area contributed by atoms with E-state index in [-0.39, 0.29) is 0 Å². The molecule has 0 bridgehead atoms. The van der Waals surface area contributed by atoms with Crippen LogP contribution >= 0.6 is 11.8 Å². The van der Waals surface area contributed by atoms with Crippen molar-refractivity contribution in [3.63, 3.8) is 0 Å². The summed E-state index contributed by atoms with van der Waals surface area (Å²) in [5.41, 5.74) is 11.3. The maximum absolute atomic E-state index is 2.34. The summed E-state index contributed by atoms with van der Waals surface area (Å²) in [5.74, 6) is 0. The Labute approximate surface area is 134 Å². The van der Waals surface area contributed by atoms with Crippen LogP contribution in [0.1, 0.15) is 44.5 Å². The van der Waals surface area contributed by atoms with E-state index in [1.54, 1.807) is 0 Å². The van der Waals surface area contributed by atoms with E-state index in [0.717, 1.165) is 0 Å². The Kier molecular flexibility index (Phi) is 4.53. The molecule has 1 heteroatoms. The SMILES string of the molecule is Cc1cc(Sc2cc(C)c(C)c(C)c2C)c(C)c(C)c1C. The Morgan fingerprint density at radius 2 is 0.810 bits per heavy atom. The molecule has 0 aromatic heterocycles. The van der Waals surface area contributed by atoms with Crippen LogP contribution in [-0.2, 0) is 0 Å². The average Bonchev–Trinajstić information content (AvgIpc) is 2.45. The fourth-order valence-electron chi connectivity index (χ4n) is 2.68. The van der Waals surface area contributed by atoms with Crippen molar-refractivity contribution < 1.29 is 0 Å². The second-order valence-corrected chi connectivity index (χ2v) is 7.32. The molecular formula is C20H26S. The maximum Gasteiger partial charge on any atom is 0.0157 e. The van der Waals surface area contributed by atoms with Crippen molar-refractivity contribution >= 4 is 11.8 Å². The Bertz CT molecular complexity index is 647. The zero-order valence-corrected chi connectivity index (χ0v) is 15.4. The van der Waals surface area contributed by atoms with Gasteiger partial charge in [-0.15, -0.1) is 0 Å². The number of rotatable bonds is 2. The summed E-state index contributed by atoms with van der Waals surface area (Å²) in [4.78, 5) is 2.78. The van der Waals surface area contributed by atoms with Crippen LogP contribution in [0.25, 0.3) is 0 Å². The third-order valence-corrected chi connectivity index (χ3v) is 6.38. The Morgan fingerprint density at radius 1 is 0.476 bits per heavy atom. The molecule has 0 amide bonds. The summed E-state index contributed by atoms with van der Waals surface area (Å²) >= 11 is 1.91. The van der Waals surface area contributed by atoms with E-state index in [4.69, 9.17) is 0 Å². The lowest BCUT2D eigenvalue weighted by Crippen LogP contribution is -1.96. The number of aryl methyl sites for hydroxylation is 2. The monoisotopic (exact) mass is 298 g/mol. The van der Waals surface area contributed by atoms with Gasteiger partial charge in [0.2, 0.25) is 0 Å². The van der Waals surface area contributed by atoms with Crippen molar-refractivity contribution in [3.05, 3.63) is 56.6 Å². The van der Waals surface area contributed by atoms with Crippen LogP contribution < -0.4 is 0 Å². The van der Waals surface area contributed by atoms with E-state index in [1.165, 1.54) is 54.3 Å². The molecule has 0 radical (unpaired) electrons. The largest absolute Gasteiger partial charge is 0.0895 e. The van der Waals surface area contributed by atoms with Crippen molar-refractivity contribution in [2.45, 2.75) is 65.2 Å². The van der Waals surface area contributed by atoms with Gasteiger partial charge in [0.15, 0.2) is 0 Å². The minimum Gasteiger partial charge on any atom is -0.0895 e. The fourth-order valence-corrected chi connectivity index (χ4v) is 4.00. The van der Waals surface area contributed by atoms with Crippen LogP contribution in [0.15, 0.2) is 21.9 Å². The summed E-state index contributed by atoms with van der Waals surface area (Å²) in [6.07, 6.45) is 0. The van der Waals surface area contributed by atoms with E-state index in [9.17, 15) is 0 Å². The maximum atomic E-state index is 2.34. The van der Waals surface area contributed by atoms with Gasteiger partial charge in [-0.1, -0.05) is 11.8 Å². The van der Waals surface area contributed by atoms with Gasteiger partial charge < -0.3 is 0 Å². The number of benzene rings is 2. The molecule has 0 aliphatic carbocycles. The number of hydrogen-bond acceptors (Lipinski definition) is 1. The highest BCUT2D eigenvalue weighted by Crippen LogP contribution is 2.37. The molecule has 0 heterocycles. The highest BCUT2D eigenvalue weighted by Gasteiger charge is 2.12. The lowest BCUT2D eigenvalue weighted by Gasteiger charge is -2.17. The summed E-state index contributed by atoms with van der Waals surface area (Å²) in [6, 6.07) is 4.68. The highest BCUT2D eigenvalue weighted by molar-refractivity contribution is 7.99. The molecule has 0 spiro atoms. The first-order valence-electron chi connectivity index (χ1n) is 7.56. The second kappa shape index (κ2) is 5.88. The molecule has 0 saturated heterocycles. The molecular weight excluding hydrogens is 272 g/mol. The van der Waals surface area contributed by atoms with E-state index in [2.05, 4.69) is 67.5 Å². The Balaban J connectivity index is 2.54. The second-order valence-electron chi connectivity index (χ2n) is 6.24. The van der Waals surface area contributed by atoms with Crippen molar-refractivity contribution in [1.29, 1.82) is 0 Å². The minimum absolute atomic E-state index is 1.39. The van der Waals surface area contributed by atoms with Gasteiger partial charge in [-0.05, 0) is 112 Å². The van der Waals surface area contributed by atoms with E-state index < -0.39 is 0 Å². The van der Waals surface area contributed by atoms with Crippen LogP contribution in [0.2, 0.25) is 0 Å². The first-order chi connectivity index (χ1) is 9.73. The van der Waals surface area contributed by atoms with Gasteiger partial charge in [-0.2, -0.15) is 0 Å². The van der Waals surface area contributed by atoms with Crippen molar-refractivity contribution in [3.8, 4) is 0 Å². The Morgan fingerprint density at radius 3 is 1.14 bits per heavy atom. The van der Waals surface area contributed by atoms with Gasteiger partial charge in [-0.25, -0.2) is 0 Å². The van der Waals surface area contributed by atoms with Gasteiger partial charge in [0.1, 0.15) is 0 Å². The molecule has 0 unspecified atom stereocenters. The normalized spacial score (nSPS) is 11.0. The van der Waals surface area contributed by atoms with Crippen LogP contribution in [0.5, 0.6) is 0 Å². The van der Waals surface area contributed by atoms with Crippen LogP contribution in [0.3, 0.4) is 0 Å². The van der Waals surface area contributed by atoms with Gasteiger partial charge in [0.25, 0.3) is 0 Å². The molecule has 0 aliphatic heterocycles. The molecule has 112 valence electrons. The molecule has 2 rings (SSSR count). The van der Waals surface area contributed by atoms with Crippen molar-refractivity contribution in [1.82, 2.24) is 0 Å². The lowest BCUT2D eigenvalue weighted by atomic mass is 9.99. The van der Waals surface area contributed by atoms with E-state index >= 15 is 0 Å². The molecule has 0 nitrogen and oxygen atoms in total. The summed E-state index contributed by atoms with van der Waals surface area (Å²) < 4.78 is 0. The first-order valence-corrected chi connectivity index (χ1v) is 8.38. The van der Waals surface area contributed by atoms with Gasteiger partial charge in [0.05, 0.1) is 0 Å². The third kappa shape index (κ3) is 2.89. The van der Waals surface area contributed by atoms with Gasteiger partial charge >= 0.3 is 0 Å². The van der Waals surface area contributed by atoms with Crippen molar-refractivity contribution in [2.24, 2.45) is 0 Å². The van der Waals surface area contributed by atoms with Crippen LogP contribution in [-0.4, -0.2) is 0 Å². The molecule has 0 fully saturated rings. The van der Waals surface area contributed by atoms with Crippen LogP contribution in [0.4, 0.5) is 0 Å². The molecule has 0 atom stereocenters. The number of hydrogen-bond donors (Lipinski definition) is 0. The summed E-state index contributed by atoms with van der Waals surface area (Å²) in [7, 11) is 0. The van der Waals surface area contributed by atoms with E-state index in [1.807, 2.05) is 11.8 Å². The summed E-state index contributed by atoms with van der Waals surface area (Å²) in [5, 5.41) is 0. The zero-order chi connectivity index (χ0) is 15.9.